The van der Waals surface area contributed by atoms with Gasteiger partial charge in [-0.05, 0) is 25.5 Å². The van der Waals surface area contributed by atoms with Gasteiger partial charge < -0.3 is 5.73 Å². The van der Waals surface area contributed by atoms with Crippen LogP contribution in [0.3, 0.4) is 0 Å². The molecule has 0 fully saturated rings. The fourth-order valence-electron chi connectivity index (χ4n) is 1.55. The van der Waals surface area contributed by atoms with Crippen LogP contribution < -0.4 is 5.73 Å². The summed E-state index contributed by atoms with van der Waals surface area (Å²) >= 11 is 0. The number of nitrogens with zero attached hydrogens (tertiary/aromatic N) is 3. The lowest BCUT2D eigenvalue weighted by molar-refractivity contribution is 0.479. The molecular formula is C12H16N4. The summed E-state index contributed by atoms with van der Waals surface area (Å²) in [4.78, 5) is 3.98. The Hall–Kier alpha value is -1.84. The summed E-state index contributed by atoms with van der Waals surface area (Å²) < 4.78 is 1.92. The molecule has 0 amide bonds. The monoisotopic (exact) mass is 216 g/mol. The minimum atomic E-state index is 0.373. The van der Waals surface area contributed by atoms with E-state index < -0.39 is 0 Å². The minimum absolute atomic E-state index is 0.373. The number of anilines is 1. The first-order chi connectivity index (χ1) is 7.72. The zero-order valence-electron chi connectivity index (χ0n) is 9.59. The fraction of sp³-hybridized carbons (Fsp3) is 0.333. The number of hydrogen-bond donors (Lipinski definition) is 1. The maximum atomic E-state index is 5.96. The van der Waals surface area contributed by atoms with Gasteiger partial charge in [0.05, 0.1) is 5.69 Å². The Balaban J connectivity index is 2.40. The molecule has 2 heterocycles. The average Bonchev–Trinajstić information content (AvgIpc) is 2.71. The van der Waals surface area contributed by atoms with Crippen LogP contribution in [0.5, 0.6) is 0 Å². The molecule has 84 valence electrons. The molecule has 0 aromatic carbocycles. The van der Waals surface area contributed by atoms with Crippen molar-refractivity contribution in [3.63, 3.8) is 0 Å². The van der Waals surface area contributed by atoms with Gasteiger partial charge >= 0.3 is 0 Å². The molecule has 0 radical (unpaired) electrons. The first kappa shape index (κ1) is 10.7. The van der Waals surface area contributed by atoms with Gasteiger partial charge in [0.2, 0.25) is 0 Å². The van der Waals surface area contributed by atoms with Crippen LogP contribution in [0, 0.1) is 0 Å². The Kier molecular flexibility index (Phi) is 2.90. The third-order valence-electron chi connectivity index (χ3n) is 2.76. The summed E-state index contributed by atoms with van der Waals surface area (Å²) in [6.45, 7) is 4.26. The average molecular weight is 216 g/mol. The zero-order valence-corrected chi connectivity index (χ0v) is 9.59. The van der Waals surface area contributed by atoms with E-state index in [0.29, 0.717) is 11.7 Å². The minimum Gasteiger partial charge on any atom is -0.396 e. The van der Waals surface area contributed by atoms with Gasteiger partial charge in [0.15, 0.2) is 0 Å². The van der Waals surface area contributed by atoms with Gasteiger partial charge in [-0.1, -0.05) is 6.92 Å². The second-order valence-electron chi connectivity index (χ2n) is 3.91. The van der Waals surface area contributed by atoms with Crippen molar-refractivity contribution in [2.24, 2.45) is 0 Å². The van der Waals surface area contributed by atoms with Crippen LogP contribution in [0.15, 0.2) is 30.7 Å². The lowest BCUT2D eigenvalue weighted by Crippen LogP contribution is -2.04. The van der Waals surface area contributed by atoms with E-state index in [2.05, 4.69) is 23.9 Å². The van der Waals surface area contributed by atoms with Crippen LogP contribution in [0.4, 0.5) is 5.69 Å². The quantitative estimate of drug-likeness (QED) is 0.857. The number of nitrogens with two attached hydrogens (primary N) is 1. The summed E-state index contributed by atoms with van der Waals surface area (Å²) in [6.07, 6.45) is 6.43. The second-order valence-corrected chi connectivity index (χ2v) is 3.91. The molecule has 2 N–H and O–H groups in total. The lowest BCUT2D eigenvalue weighted by atomic mass is 10.2. The van der Waals surface area contributed by atoms with Gasteiger partial charge in [0, 0.05) is 30.2 Å². The molecule has 1 atom stereocenters. The van der Waals surface area contributed by atoms with E-state index in [-0.39, 0.29) is 0 Å². The van der Waals surface area contributed by atoms with E-state index in [0.717, 1.165) is 17.7 Å². The molecule has 4 heteroatoms. The largest absolute Gasteiger partial charge is 0.396 e. The summed E-state index contributed by atoms with van der Waals surface area (Å²) in [5.74, 6) is 0. The highest BCUT2D eigenvalue weighted by atomic mass is 15.3. The third-order valence-corrected chi connectivity index (χ3v) is 2.76. The first-order valence-corrected chi connectivity index (χ1v) is 5.47. The van der Waals surface area contributed by atoms with E-state index in [9.17, 15) is 0 Å². The van der Waals surface area contributed by atoms with Crippen LogP contribution in [0.25, 0.3) is 11.3 Å². The van der Waals surface area contributed by atoms with E-state index in [1.54, 1.807) is 12.4 Å². The van der Waals surface area contributed by atoms with Gasteiger partial charge in [-0.15, -0.1) is 0 Å². The molecular weight excluding hydrogens is 200 g/mol. The van der Waals surface area contributed by atoms with Crippen LogP contribution >= 0.6 is 0 Å². The van der Waals surface area contributed by atoms with Crippen molar-refractivity contribution in [3.8, 4) is 11.3 Å². The van der Waals surface area contributed by atoms with Crippen molar-refractivity contribution in [1.82, 2.24) is 14.8 Å². The Morgan fingerprint density at radius 1 is 1.38 bits per heavy atom. The molecule has 0 aliphatic heterocycles. The summed E-state index contributed by atoms with van der Waals surface area (Å²) in [5, 5.41) is 4.51. The van der Waals surface area contributed by atoms with E-state index in [1.165, 1.54) is 0 Å². The van der Waals surface area contributed by atoms with Crippen molar-refractivity contribution in [3.05, 3.63) is 30.7 Å². The Morgan fingerprint density at radius 3 is 2.69 bits per heavy atom. The van der Waals surface area contributed by atoms with Gasteiger partial charge in [-0.3, -0.25) is 9.67 Å². The summed E-state index contributed by atoms with van der Waals surface area (Å²) in [6, 6.07) is 4.21. The molecule has 0 saturated carbocycles. The molecule has 0 bridgehead atoms. The predicted molar refractivity (Wildman–Crippen MR) is 64.9 cm³/mol. The fourth-order valence-corrected chi connectivity index (χ4v) is 1.55. The Labute approximate surface area is 95.1 Å². The SMILES string of the molecule is CCC(C)n1cc(N)c(-c2ccncc2)n1. The van der Waals surface area contributed by atoms with Gasteiger partial charge in [0.1, 0.15) is 5.69 Å². The molecule has 1 unspecified atom stereocenters. The number of pyridine rings is 1. The van der Waals surface area contributed by atoms with E-state index in [4.69, 9.17) is 5.73 Å². The molecule has 0 aliphatic carbocycles. The molecule has 16 heavy (non-hydrogen) atoms. The predicted octanol–water partition coefficient (Wildman–Crippen LogP) is 2.50. The highest BCUT2D eigenvalue weighted by molar-refractivity contribution is 5.71. The van der Waals surface area contributed by atoms with Crippen LogP contribution in [0.2, 0.25) is 0 Å². The molecule has 2 rings (SSSR count). The number of hydrogen-bond acceptors (Lipinski definition) is 3. The van der Waals surface area contributed by atoms with Crippen LogP contribution in [-0.4, -0.2) is 14.8 Å². The lowest BCUT2D eigenvalue weighted by Gasteiger charge is -2.07. The van der Waals surface area contributed by atoms with Crippen LogP contribution in [-0.2, 0) is 0 Å². The van der Waals surface area contributed by atoms with Crippen molar-refractivity contribution in [2.75, 3.05) is 5.73 Å². The molecule has 0 aliphatic rings. The third kappa shape index (κ3) is 1.91. The van der Waals surface area contributed by atoms with Gasteiger partial charge in [-0.2, -0.15) is 5.10 Å². The second kappa shape index (κ2) is 4.35. The van der Waals surface area contributed by atoms with E-state index >= 15 is 0 Å². The van der Waals surface area contributed by atoms with Crippen LogP contribution in [0.1, 0.15) is 26.3 Å². The summed E-state index contributed by atoms with van der Waals surface area (Å²) in [5.41, 5.74) is 8.52. The molecule has 2 aromatic rings. The van der Waals surface area contributed by atoms with Crippen molar-refractivity contribution < 1.29 is 0 Å². The van der Waals surface area contributed by atoms with Gasteiger partial charge in [-0.25, -0.2) is 0 Å². The maximum Gasteiger partial charge on any atom is 0.115 e. The Morgan fingerprint density at radius 2 is 2.06 bits per heavy atom. The Bertz CT molecular complexity index is 461. The van der Waals surface area contributed by atoms with Crippen molar-refractivity contribution in [1.29, 1.82) is 0 Å². The number of nitrogen functional groups attached to an aromatic ring is 1. The topological polar surface area (TPSA) is 56.7 Å². The van der Waals surface area contributed by atoms with Crippen molar-refractivity contribution >= 4 is 5.69 Å². The normalized spacial score (nSPS) is 12.6. The highest BCUT2D eigenvalue weighted by Gasteiger charge is 2.10. The van der Waals surface area contributed by atoms with E-state index in [1.807, 2.05) is 23.0 Å². The first-order valence-electron chi connectivity index (χ1n) is 5.47. The smallest absolute Gasteiger partial charge is 0.115 e. The molecule has 2 aromatic heterocycles. The summed E-state index contributed by atoms with van der Waals surface area (Å²) in [7, 11) is 0. The number of aromatic nitrogens is 3. The molecule has 0 saturated heterocycles. The standard InChI is InChI=1S/C12H16N4/c1-3-9(2)16-8-11(13)12(15-16)10-4-6-14-7-5-10/h4-9H,3,13H2,1-2H3. The zero-order chi connectivity index (χ0) is 11.5. The van der Waals surface area contributed by atoms with Gasteiger partial charge in [0.25, 0.3) is 0 Å². The molecule has 0 spiro atoms. The maximum absolute atomic E-state index is 5.96. The molecule has 4 nitrogen and oxygen atoms in total. The highest BCUT2D eigenvalue weighted by Crippen LogP contribution is 2.25. The number of rotatable bonds is 3. The van der Waals surface area contributed by atoms with Crippen molar-refractivity contribution in [2.45, 2.75) is 26.3 Å².